The maximum atomic E-state index is 12.2. The van der Waals surface area contributed by atoms with Crippen LogP contribution in [0.15, 0.2) is 6.20 Å². The van der Waals surface area contributed by atoms with Gasteiger partial charge in [-0.15, -0.1) is 0 Å². The van der Waals surface area contributed by atoms with Gasteiger partial charge in [-0.3, -0.25) is 14.6 Å². The molecule has 6 nitrogen and oxygen atoms in total. The standard InChI is InChI=1S/C19H28N4O2/c1-14-17(16-6-8-20-11-15(16)12-21-14)13-22-18(24)7-10-23-9-4-2-3-5-19(23)25/h12,20H,2-11,13H2,1H3,(H,22,24). The second-order valence-electron chi connectivity index (χ2n) is 6.97. The maximum absolute atomic E-state index is 12.2. The number of fused-ring (bicyclic) bond motifs is 1. The average Bonchev–Trinajstić information content (AvgIpc) is 2.83. The van der Waals surface area contributed by atoms with Gasteiger partial charge in [0.05, 0.1) is 0 Å². The van der Waals surface area contributed by atoms with E-state index in [9.17, 15) is 9.59 Å². The Bertz CT molecular complexity index is 645. The molecule has 1 aromatic rings. The lowest BCUT2D eigenvalue weighted by Gasteiger charge is -2.22. The van der Waals surface area contributed by atoms with Gasteiger partial charge in [-0.25, -0.2) is 0 Å². The topological polar surface area (TPSA) is 74.3 Å². The monoisotopic (exact) mass is 344 g/mol. The second kappa shape index (κ2) is 8.43. The van der Waals surface area contributed by atoms with E-state index in [1.807, 2.05) is 18.0 Å². The second-order valence-corrected chi connectivity index (χ2v) is 6.97. The van der Waals surface area contributed by atoms with Crippen LogP contribution >= 0.6 is 0 Å². The van der Waals surface area contributed by atoms with Crippen LogP contribution in [0.2, 0.25) is 0 Å². The van der Waals surface area contributed by atoms with E-state index in [1.54, 1.807) is 0 Å². The summed E-state index contributed by atoms with van der Waals surface area (Å²) in [7, 11) is 0. The summed E-state index contributed by atoms with van der Waals surface area (Å²) in [5.41, 5.74) is 4.70. The van der Waals surface area contributed by atoms with E-state index in [4.69, 9.17) is 0 Å². The molecule has 2 aliphatic rings. The highest BCUT2D eigenvalue weighted by atomic mass is 16.2. The average molecular weight is 344 g/mol. The molecule has 0 aliphatic carbocycles. The van der Waals surface area contributed by atoms with Crippen LogP contribution in [0.1, 0.15) is 54.5 Å². The molecule has 1 saturated heterocycles. The largest absolute Gasteiger partial charge is 0.352 e. The highest BCUT2D eigenvalue weighted by Crippen LogP contribution is 2.20. The van der Waals surface area contributed by atoms with E-state index in [1.165, 1.54) is 11.1 Å². The molecule has 0 aromatic carbocycles. The molecule has 136 valence electrons. The molecule has 2 aliphatic heterocycles. The number of aryl methyl sites for hydroxylation is 1. The quantitative estimate of drug-likeness (QED) is 0.848. The van der Waals surface area contributed by atoms with Crippen LogP contribution in [-0.2, 0) is 29.1 Å². The highest BCUT2D eigenvalue weighted by Gasteiger charge is 2.18. The number of nitrogens with zero attached hydrogens (tertiary/aromatic N) is 2. The van der Waals surface area contributed by atoms with Crippen molar-refractivity contribution in [2.24, 2.45) is 0 Å². The number of carbonyl (C=O) groups is 2. The van der Waals surface area contributed by atoms with Gasteiger partial charge < -0.3 is 15.5 Å². The summed E-state index contributed by atoms with van der Waals surface area (Å²) in [6.07, 6.45) is 7.03. The molecule has 2 amide bonds. The molecule has 3 rings (SSSR count). The van der Waals surface area contributed by atoms with Gasteiger partial charge in [0.1, 0.15) is 0 Å². The molecule has 2 N–H and O–H groups in total. The minimum Gasteiger partial charge on any atom is -0.352 e. The molecule has 1 fully saturated rings. The fraction of sp³-hybridized carbons (Fsp3) is 0.632. The summed E-state index contributed by atoms with van der Waals surface area (Å²) >= 11 is 0. The minimum atomic E-state index is 0.00276. The zero-order valence-electron chi connectivity index (χ0n) is 15.1. The zero-order valence-corrected chi connectivity index (χ0v) is 15.1. The van der Waals surface area contributed by atoms with Gasteiger partial charge in [-0.05, 0) is 49.4 Å². The summed E-state index contributed by atoms with van der Waals surface area (Å²) in [4.78, 5) is 30.5. The molecule has 3 heterocycles. The predicted octanol–water partition coefficient (Wildman–Crippen LogP) is 1.44. The van der Waals surface area contributed by atoms with E-state index in [0.717, 1.165) is 56.6 Å². The molecule has 0 atom stereocenters. The Hall–Kier alpha value is -1.95. The smallest absolute Gasteiger partial charge is 0.222 e. The van der Waals surface area contributed by atoms with Crippen molar-refractivity contribution < 1.29 is 9.59 Å². The summed E-state index contributed by atoms with van der Waals surface area (Å²) in [6, 6.07) is 0. The number of amides is 2. The van der Waals surface area contributed by atoms with E-state index in [0.29, 0.717) is 25.9 Å². The SMILES string of the molecule is Cc1ncc2c(c1CNC(=O)CCN1CCCCCC1=O)CCNC2. The first-order valence-electron chi connectivity index (χ1n) is 9.36. The van der Waals surface area contributed by atoms with Gasteiger partial charge in [-0.1, -0.05) is 6.42 Å². The maximum Gasteiger partial charge on any atom is 0.222 e. The number of hydrogen-bond donors (Lipinski definition) is 2. The number of pyridine rings is 1. The van der Waals surface area contributed by atoms with Crippen molar-refractivity contribution in [3.63, 3.8) is 0 Å². The number of rotatable bonds is 5. The van der Waals surface area contributed by atoms with Crippen molar-refractivity contribution in [1.82, 2.24) is 20.5 Å². The van der Waals surface area contributed by atoms with Crippen molar-refractivity contribution in [3.8, 4) is 0 Å². The lowest BCUT2D eigenvalue weighted by molar-refractivity contribution is -0.131. The van der Waals surface area contributed by atoms with Gasteiger partial charge >= 0.3 is 0 Å². The molecule has 0 saturated carbocycles. The van der Waals surface area contributed by atoms with Crippen molar-refractivity contribution >= 4 is 11.8 Å². The first kappa shape index (κ1) is 17.9. The number of aromatic nitrogens is 1. The van der Waals surface area contributed by atoms with E-state index < -0.39 is 0 Å². The fourth-order valence-corrected chi connectivity index (χ4v) is 3.66. The molecule has 0 bridgehead atoms. The van der Waals surface area contributed by atoms with Crippen LogP contribution in [0.25, 0.3) is 0 Å². The summed E-state index contributed by atoms with van der Waals surface area (Å²) in [5.74, 6) is 0.193. The number of likely N-dealkylation sites (tertiary alicyclic amines) is 1. The molecule has 0 radical (unpaired) electrons. The van der Waals surface area contributed by atoms with Crippen LogP contribution in [0.5, 0.6) is 0 Å². The normalized spacial score (nSPS) is 17.8. The summed E-state index contributed by atoms with van der Waals surface area (Å²) in [5, 5.41) is 6.38. The van der Waals surface area contributed by atoms with Crippen molar-refractivity contribution in [2.45, 2.75) is 58.5 Å². The molecule has 25 heavy (non-hydrogen) atoms. The Morgan fingerprint density at radius 1 is 1.32 bits per heavy atom. The van der Waals surface area contributed by atoms with E-state index in [-0.39, 0.29) is 11.8 Å². The molecular formula is C19H28N4O2. The lowest BCUT2D eigenvalue weighted by Crippen LogP contribution is -2.35. The third-order valence-corrected chi connectivity index (χ3v) is 5.21. The van der Waals surface area contributed by atoms with Crippen LogP contribution in [0.3, 0.4) is 0 Å². The Morgan fingerprint density at radius 3 is 3.08 bits per heavy atom. The van der Waals surface area contributed by atoms with Gasteiger partial charge in [0.2, 0.25) is 11.8 Å². The predicted molar refractivity (Wildman–Crippen MR) is 95.9 cm³/mol. The minimum absolute atomic E-state index is 0.00276. The van der Waals surface area contributed by atoms with Crippen LogP contribution < -0.4 is 10.6 Å². The van der Waals surface area contributed by atoms with Gasteiger partial charge in [0.15, 0.2) is 0 Å². The first-order valence-corrected chi connectivity index (χ1v) is 9.36. The number of hydrogen-bond acceptors (Lipinski definition) is 4. The van der Waals surface area contributed by atoms with Crippen molar-refractivity contribution in [1.29, 1.82) is 0 Å². The molecule has 0 spiro atoms. The van der Waals surface area contributed by atoms with Crippen LogP contribution in [0.4, 0.5) is 0 Å². The van der Waals surface area contributed by atoms with Crippen LogP contribution in [0, 0.1) is 6.92 Å². The highest BCUT2D eigenvalue weighted by molar-refractivity contribution is 5.79. The van der Waals surface area contributed by atoms with Crippen LogP contribution in [-0.4, -0.2) is 41.3 Å². The molecule has 6 heteroatoms. The first-order chi connectivity index (χ1) is 12.1. The summed E-state index contributed by atoms with van der Waals surface area (Å²) in [6.45, 7) is 5.65. The van der Waals surface area contributed by atoms with Crippen molar-refractivity contribution in [3.05, 3.63) is 28.6 Å². The van der Waals surface area contributed by atoms with E-state index >= 15 is 0 Å². The van der Waals surface area contributed by atoms with E-state index in [2.05, 4.69) is 15.6 Å². The van der Waals surface area contributed by atoms with Crippen molar-refractivity contribution in [2.75, 3.05) is 19.6 Å². The number of carbonyl (C=O) groups excluding carboxylic acids is 2. The van der Waals surface area contributed by atoms with Gasteiger partial charge in [0.25, 0.3) is 0 Å². The molecule has 1 aromatic heterocycles. The fourth-order valence-electron chi connectivity index (χ4n) is 3.66. The van der Waals surface area contributed by atoms with Gasteiger partial charge in [0, 0.05) is 50.9 Å². The number of nitrogens with one attached hydrogen (secondary N) is 2. The Balaban J connectivity index is 1.53. The Kier molecular flexibility index (Phi) is 6.02. The summed E-state index contributed by atoms with van der Waals surface area (Å²) < 4.78 is 0. The molecular weight excluding hydrogens is 316 g/mol. The van der Waals surface area contributed by atoms with Gasteiger partial charge in [-0.2, -0.15) is 0 Å². The Morgan fingerprint density at radius 2 is 2.20 bits per heavy atom. The molecule has 0 unspecified atom stereocenters. The third kappa shape index (κ3) is 4.57. The third-order valence-electron chi connectivity index (χ3n) is 5.21. The zero-order chi connectivity index (χ0) is 17.6. The lowest BCUT2D eigenvalue weighted by atomic mass is 9.96. The Labute approximate surface area is 149 Å².